The first-order valence-corrected chi connectivity index (χ1v) is 6.12. The van der Waals surface area contributed by atoms with Gasteiger partial charge in [-0.1, -0.05) is 12.1 Å². The van der Waals surface area contributed by atoms with E-state index in [1.54, 1.807) is 36.5 Å². The standard InChI is InChI=1S/C14H14N2O4/c17-12(14(19)20)6-8-16-13(18)10-3-1-5-11-9(10)4-2-7-15-11/h1-5,7,12,17H,6,8H2,(H,16,18)(H,19,20). The van der Waals surface area contributed by atoms with Crippen LogP contribution >= 0.6 is 0 Å². The van der Waals surface area contributed by atoms with Crippen LogP contribution in [0, 0.1) is 0 Å². The Kier molecular flexibility index (Phi) is 4.27. The quantitative estimate of drug-likeness (QED) is 0.749. The minimum atomic E-state index is -1.47. The van der Waals surface area contributed by atoms with Crippen LogP contribution in [0.1, 0.15) is 16.8 Å². The first kappa shape index (κ1) is 14.0. The van der Waals surface area contributed by atoms with Crippen molar-refractivity contribution >= 4 is 22.8 Å². The molecular weight excluding hydrogens is 260 g/mol. The van der Waals surface area contributed by atoms with Crippen molar-refractivity contribution in [1.29, 1.82) is 0 Å². The third kappa shape index (κ3) is 3.10. The highest BCUT2D eigenvalue weighted by Crippen LogP contribution is 2.16. The zero-order chi connectivity index (χ0) is 14.5. The Morgan fingerprint density at radius 1 is 1.25 bits per heavy atom. The molecule has 0 spiro atoms. The second-order valence-electron chi connectivity index (χ2n) is 4.27. The lowest BCUT2D eigenvalue weighted by atomic mass is 10.1. The number of hydrogen-bond acceptors (Lipinski definition) is 4. The van der Waals surface area contributed by atoms with E-state index in [1.807, 2.05) is 0 Å². The molecule has 0 bridgehead atoms. The molecule has 1 aromatic carbocycles. The van der Waals surface area contributed by atoms with Gasteiger partial charge in [0.15, 0.2) is 6.10 Å². The molecule has 0 saturated carbocycles. The Morgan fingerprint density at radius 2 is 2.05 bits per heavy atom. The van der Waals surface area contributed by atoms with Gasteiger partial charge in [0.05, 0.1) is 5.52 Å². The van der Waals surface area contributed by atoms with Crippen LogP contribution in [-0.2, 0) is 4.79 Å². The summed E-state index contributed by atoms with van der Waals surface area (Å²) in [7, 11) is 0. The molecule has 6 nitrogen and oxygen atoms in total. The summed E-state index contributed by atoms with van der Waals surface area (Å²) in [6, 6.07) is 8.75. The van der Waals surface area contributed by atoms with E-state index in [-0.39, 0.29) is 18.9 Å². The van der Waals surface area contributed by atoms with Crippen molar-refractivity contribution in [2.24, 2.45) is 0 Å². The summed E-state index contributed by atoms with van der Waals surface area (Å²) < 4.78 is 0. The minimum absolute atomic E-state index is 0.0376. The lowest BCUT2D eigenvalue weighted by molar-refractivity contribution is -0.146. The average molecular weight is 274 g/mol. The molecule has 20 heavy (non-hydrogen) atoms. The molecule has 2 aromatic rings. The fraction of sp³-hybridized carbons (Fsp3) is 0.214. The molecule has 1 unspecified atom stereocenters. The number of amides is 1. The Bertz CT molecular complexity index is 637. The number of carbonyl (C=O) groups is 2. The zero-order valence-corrected chi connectivity index (χ0v) is 10.6. The highest BCUT2D eigenvalue weighted by Gasteiger charge is 2.14. The van der Waals surface area contributed by atoms with Crippen molar-refractivity contribution in [1.82, 2.24) is 10.3 Å². The molecule has 0 fully saturated rings. The predicted molar refractivity (Wildman–Crippen MR) is 72.3 cm³/mol. The first-order chi connectivity index (χ1) is 9.59. The molecule has 1 heterocycles. The zero-order valence-electron chi connectivity index (χ0n) is 10.6. The van der Waals surface area contributed by atoms with E-state index in [1.165, 1.54) is 0 Å². The molecule has 1 aromatic heterocycles. The number of hydrogen-bond donors (Lipinski definition) is 3. The monoisotopic (exact) mass is 274 g/mol. The molecule has 2 rings (SSSR count). The van der Waals surface area contributed by atoms with Gasteiger partial charge in [0.2, 0.25) is 0 Å². The SMILES string of the molecule is O=C(NCCC(O)C(=O)O)c1cccc2ncccc12. The fourth-order valence-electron chi connectivity index (χ4n) is 1.84. The number of carbonyl (C=O) groups excluding carboxylic acids is 1. The number of nitrogens with zero attached hydrogens (tertiary/aromatic N) is 1. The third-order valence-corrected chi connectivity index (χ3v) is 2.88. The molecule has 3 N–H and O–H groups in total. The normalized spacial score (nSPS) is 12.1. The molecule has 6 heteroatoms. The number of nitrogens with one attached hydrogen (secondary N) is 1. The maximum atomic E-state index is 12.0. The number of fused-ring (bicyclic) bond motifs is 1. The molecular formula is C14H14N2O4. The molecule has 1 amide bonds. The van der Waals surface area contributed by atoms with Crippen LogP contribution in [0.3, 0.4) is 0 Å². The summed E-state index contributed by atoms with van der Waals surface area (Å²) >= 11 is 0. The number of aliphatic hydroxyl groups is 1. The van der Waals surface area contributed by atoms with Crippen molar-refractivity contribution in [2.45, 2.75) is 12.5 Å². The van der Waals surface area contributed by atoms with Crippen molar-refractivity contribution < 1.29 is 19.8 Å². The van der Waals surface area contributed by atoms with Crippen LogP contribution in [0.25, 0.3) is 10.9 Å². The maximum Gasteiger partial charge on any atom is 0.332 e. The number of aliphatic carboxylic acids is 1. The van der Waals surface area contributed by atoms with Crippen molar-refractivity contribution in [2.75, 3.05) is 6.54 Å². The van der Waals surface area contributed by atoms with Crippen molar-refractivity contribution in [3.05, 3.63) is 42.1 Å². The van der Waals surface area contributed by atoms with Gasteiger partial charge in [-0.25, -0.2) is 4.79 Å². The van der Waals surface area contributed by atoms with Gasteiger partial charge in [-0.15, -0.1) is 0 Å². The summed E-state index contributed by atoms with van der Waals surface area (Å²) in [4.78, 5) is 26.6. The average Bonchev–Trinajstić information content (AvgIpc) is 2.46. The highest BCUT2D eigenvalue weighted by atomic mass is 16.4. The predicted octanol–water partition coefficient (Wildman–Crippen LogP) is 0.800. The van der Waals surface area contributed by atoms with Gasteiger partial charge in [0.1, 0.15) is 0 Å². The van der Waals surface area contributed by atoms with E-state index in [2.05, 4.69) is 10.3 Å². The van der Waals surface area contributed by atoms with Gasteiger partial charge >= 0.3 is 5.97 Å². The molecule has 104 valence electrons. The molecule has 1 atom stereocenters. The molecule has 0 aliphatic rings. The Labute approximate surface area is 115 Å². The summed E-state index contributed by atoms with van der Waals surface area (Å²) in [6.07, 6.45) is 0.140. The molecule has 0 aliphatic heterocycles. The molecule has 0 radical (unpaired) electrons. The summed E-state index contributed by atoms with van der Waals surface area (Å²) in [5.74, 6) is -1.62. The Morgan fingerprint density at radius 3 is 2.80 bits per heavy atom. The first-order valence-electron chi connectivity index (χ1n) is 6.12. The van der Waals surface area contributed by atoms with Gasteiger partial charge in [-0.2, -0.15) is 0 Å². The van der Waals surface area contributed by atoms with Gasteiger partial charge in [0, 0.05) is 30.1 Å². The van der Waals surface area contributed by atoms with E-state index in [4.69, 9.17) is 10.2 Å². The minimum Gasteiger partial charge on any atom is -0.479 e. The van der Waals surface area contributed by atoms with Crippen LogP contribution in [0.4, 0.5) is 0 Å². The summed E-state index contributed by atoms with van der Waals surface area (Å²) in [5, 5.41) is 21.0. The van der Waals surface area contributed by atoms with E-state index < -0.39 is 12.1 Å². The third-order valence-electron chi connectivity index (χ3n) is 2.88. The lowest BCUT2D eigenvalue weighted by Gasteiger charge is -2.09. The van der Waals surface area contributed by atoms with E-state index in [0.717, 1.165) is 5.39 Å². The van der Waals surface area contributed by atoms with Gasteiger partial charge in [-0.3, -0.25) is 9.78 Å². The number of rotatable bonds is 5. The lowest BCUT2D eigenvalue weighted by Crippen LogP contribution is -2.30. The number of aliphatic hydroxyl groups excluding tert-OH is 1. The number of carboxylic acid groups (broad SMARTS) is 1. The van der Waals surface area contributed by atoms with Crippen LogP contribution in [0.5, 0.6) is 0 Å². The van der Waals surface area contributed by atoms with Gasteiger partial charge < -0.3 is 15.5 Å². The maximum absolute atomic E-state index is 12.0. The van der Waals surface area contributed by atoms with Gasteiger partial charge in [-0.05, 0) is 18.2 Å². The number of carboxylic acids is 1. The number of benzene rings is 1. The van der Waals surface area contributed by atoms with Gasteiger partial charge in [0.25, 0.3) is 5.91 Å². The second kappa shape index (κ2) is 6.12. The van der Waals surface area contributed by atoms with E-state index in [0.29, 0.717) is 11.1 Å². The molecule has 0 aliphatic carbocycles. The topological polar surface area (TPSA) is 99.5 Å². The highest BCUT2D eigenvalue weighted by molar-refractivity contribution is 6.06. The summed E-state index contributed by atoms with van der Waals surface area (Å²) in [6.45, 7) is 0.0863. The van der Waals surface area contributed by atoms with Crippen molar-refractivity contribution in [3.8, 4) is 0 Å². The van der Waals surface area contributed by atoms with Crippen LogP contribution < -0.4 is 5.32 Å². The summed E-state index contributed by atoms with van der Waals surface area (Å²) in [5.41, 5.74) is 1.19. The van der Waals surface area contributed by atoms with E-state index >= 15 is 0 Å². The number of pyridine rings is 1. The largest absolute Gasteiger partial charge is 0.479 e. The second-order valence-corrected chi connectivity index (χ2v) is 4.27. The van der Waals surface area contributed by atoms with Crippen LogP contribution in [0.2, 0.25) is 0 Å². The van der Waals surface area contributed by atoms with Crippen LogP contribution in [0.15, 0.2) is 36.5 Å². The number of aromatic nitrogens is 1. The van der Waals surface area contributed by atoms with Crippen LogP contribution in [-0.4, -0.2) is 39.7 Å². The fourth-order valence-corrected chi connectivity index (χ4v) is 1.84. The van der Waals surface area contributed by atoms with E-state index in [9.17, 15) is 9.59 Å². The smallest absolute Gasteiger partial charge is 0.332 e. The van der Waals surface area contributed by atoms with Crippen molar-refractivity contribution in [3.63, 3.8) is 0 Å². The molecule has 0 saturated heterocycles. The Balaban J connectivity index is 2.06. The Hall–Kier alpha value is -2.47.